The lowest BCUT2D eigenvalue weighted by molar-refractivity contribution is -0.149. The minimum atomic E-state index is -0.909. The first kappa shape index (κ1) is 13.7. The number of ether oxygens (including phenoxy) is 3. The second kappa shape index (κ2) is 5.93. The van der Waals surface area contributed by atoms with Gasteiger partial charge in [-0.05, 0) is 24.1 Å². The van der Waals surface area contributed by atoms with Gasteiger partial charge in [0.2, 0.25) is 0 Å². The lowest BCUT2D eigenvalue weighted by atomic mass is 9.93. The summed E-state index contributed by atoms with van der Waals surface area (Å²) in [5.41, 5.74) is 0.626. The van der Waals surface area contributed by atoms with Crippen LogP contribution in [0.1, 0.15) is 25.0 Å². The maximum absolute atomic E-state index is 11.6. The predicted molar refractivity (Wildman–Crippen MR) is 68.2 cm³/mol. The predicted octanol–water partition coefficient (Wildman–Crippen LogP) is 1.69. The molecule has 1 N–H and O–H groups in total. The molecule has 0 radical (unpaired) electrons. The van der Waals surface area contributed by atoms with E-state index in [1.807, 2.05) is 6.92 Å². The Hall–Kier alpha value is -1.75. The van der Waals surface area contributed by atoms with Gasteiger partial charge in [0.15, 0.2) is 11.5 Å². The van der Waals surface area contributed by atoms with Crippen LogP contribution >= 0.6 is 0 Å². The molecule has 0 amide bonds. The lowest BCUT2D eigenvalue weighted by Gasteiger charge is -2.23. The molecule has 5 nitrogen and oxygen atoms in total. The summed E-state index contributed by atoms with van der Waals surface area (Å²) < 4.78 is 15.6. The molecule has 0 spiro atoms. The Labute approximate surface area is 112 Å². The van der Waals surface area contributed by atoms with Gasteiger partial charge in [0.1, 0.15) is 13.2 Å². The summed E-state index contributed by atoms with van der Waals surface area (Å²) in [5.74, 6) is 0.272. The quantitative estimate of drug-likeness (QED) is 0.840. The molecule has 5 heteroatoms. The molecule has 1 aromatic rings. The highest BCUT2D eigenvalue weighted by Gasteiger charge is 2.28. The Morgan fingerprint density at radius 3 is 2.68 bits per heavy atom. The van der Waals surface area contributed by atoms with Crippen molar-refractivity contribution in [2.45, 2.75) is 19.4 Å². The third-order valence-corrected chi connectivity index (χ3v) is 3.23. The van der Waals surface area contributed by atoms with Crippen LogP contribution in [0.3, 0.4) is 0 Å². The van der Waals surface area contributed by atoms with Crippen LogP contribution in [0.25, 0.3) is 0 Å². The molecule has 0 aliphatic carbocycles. The summed E-state index contributed by atoms with van der Waals surface area (Å²) in [4.78, 5) is 11.6. The molecule has 1 aliphatic rings. The SMILES string of the molecule is CCC(C(=O)OC)C(O)c1ccc2c(c1)OCCO2. The smallest absolute Gasteiger partial charge is 0.311 e. The number of benzene rings is 1. The summed E-state index contributed by atoms with van der Waals surface area (Å²) in [6.45, 7) is 2.85. The molecular formula is C14H18O5. The topological polar surface area (TPSA) is 65.0 Å². The third-order valence-electron chi connectivity index (χ3n) is 3.23. The Morgan fingerprint density at radius 2 is 2.05 bits per heavy atom. The molecule has 0 saturated carbocycles. The zero-order valence-corrected chi connectivity index (χ0v) is 11.1. The summed E-state index contributed by atoms with van der Waals surface area (Å²) in [7, 11) is 1.32. The van der Waals surface area contributed by atoms with Crippen LogP contribution in [0.2, 0.25) is 0 Å². The average molecular weight is 266 g/mol. The molecule has 1 aliphatic heterocycles. The fourth-order valence-corrected chi connectivity index (χ4v) is 2.15. The molecule has 104 valence electrons. The van der Waals surface area contributed by atoms with Gasteiger partial charge in [0.05, 0.1) is 19.1 Å². The van der Waals surface area contributed by atoms with E-state index in [2.05, 4.69) is 0 Å². The van der Waals surface area contributed by atoms with Crippen molar-refractivity contribution in [2.24, 2.45) is 5.92 Å². The number of fused-ring (bicyclic) bond motifs is 1. The van der Waals surface area contributed by atoms with Gasteiger partial charge in [-0.15, -0.1) is 0 Å². The molecule has 0 saturated heterocycles. The van der Waals surface area contributed by atoms with E-state index in [1.165, 1.54) is 7.11 Å². The Bertz CT molecular complexity index is 457. The van der Waals surface area contributed by atoms with Crippen molar-refractivity contribution in [3.63, 3.8) is 0 Å². The minimum Gasteiger partial charge on any atom is -0.486 e. The second-order valence-corrected chi connectivity index (χ2v) is 4.39. The number of aliphatic hydroxyl groups excluding tert-OH is 1. The van der Waals surface area contributed by atoms with Gasteiger partial charge in [-0.3, -0.25) is 4.79 Å². The largest absolute Gasteiger partial charge is 0.486 e. The van der Waals surface area contributed by atoms with Gasteiger partial charge in [-0.25, -0.2) is 0 Å². The monoisotopic (exact) mass is 266 g/mol. The summed E-state index contributed by atoms with van der Waals surface area (Å²) in [5, 5.41) is 10.3. The normalized spacial score (nSPS) is 16.6. The molecule has 2 unspecified atom stereocenters. The van der Waals surface area contributed by atoms with Crippen molar-refractivity contribution in [2.75, 3.05) is 20.3 Å². The number of methoxy groups -OCH3 is 1. The van der Waals surface area contributed by atoms with Gasteiger partial charge in [-0.1, -0.05) is 13.0 Å². The first-order chi connectivity index (χ1) is 9.17. The number of carbonyl (C=O) groups is 1. The molecule has 19 heavy (non-hydrogen) atoms. The average Bonchev–Trinajstić information content (AvgIpc) is 2.47. The summed E-state index contributed by atoms with van der Waals surface area (Å²) in [6.07, 6.45) is -0.407. The number of carbonyl (C=O) groups excluding carboxylic acids is 1. The highest BCUT2D eigenvalue weighted by atomic mass is 16.6. The van der Waals surface area contributed by atoms with Crippen LogP contribution in [0.15, 0.2) is 18.2 Å². The summed E-state index contributed by atoms with van der Waals surface area (Å²) >= 11 is 0. The first-order valence-electron chi connectivity index (χ1n) is 6.32. The fourth-order valence-electron chi connectivity index (χ4n) is 2.15. The van der Waals surface area contributed by atoms with Crippen molar-refractivity contribution in [1.29, 1.82) is 0 Å². The van der Waals surface area contributed by atoms with Crippen LogP contribution in [0, 0.1) is 5.92 Å². The van der Waals surface area contributed by atoms with Crippen LogP contribution < -0.4 is 9.47 Å². The van der Waals surface area contributed by atoms with Crippen LogP contribution in [0.5, 0.6) is 11.5 Å². The second-order valence-electron chi connectivity index (χ2n) is 4.39. The van der Waals surface area contributed by atoms with Crippen molar-refractivity contribution >= 4 is 5.97 Å². The van der Waals surface area contributed by atoms with Gasteiger partial charge in [-0.2, -0.15) is 0 Å². The fraction of sp³-hybridized carbons (Fsp3) is 0.500. The van der Waals surface area contributed by atoms with E-state index in [9.17, 15) is 9.90 Å². The van der Waals surface area contributed by atoms with E-state index in [-0.39, 0.29) is 0 Å². The highest BCUT2D eigenvalue weighted by molar-refractivity contribution is 5.73. The molecule has 0 aromatic heterocycles. The zero-order valence-electron chi connectivity index (χ0n) is 11.1. The van der Waals surface area contributed by atoms with Crippen LogP contribution in [0.4, 0.5) is 0 Å². The highest BCUT2D eigenvalue weighted by Crippen LogP contribution is 2.35. The number of rotatable bonds is 4. The Balaban J connectivity index is 2.23. The van der Waals surface area contributed by atoms with E-state index in [4.69, 9.17) is 14.2 Å². The summed E-state index contributed by atoms with van der Waals surface area (Å²) in [6, 6.07) is 5.20. The number of esters is 1. The van der Waals surface area contributed by atoms with E-state index < -0.39 is 18.0 Å². The van der Waals surface area contributed by atoms with Gasteiger partial charge in [0, 0.05) is 0 Å². The van der Waals surface area contributed by atoms with E-state index in [0.29, 0.717) is 36.7 Å². The van der Waals surface area contributed by atoms with Gasteiger partial charge < -0.3 is 19.3 Å². The minimum absolute atomic E-state index is 0.412. The Morgan fingerprint density at radius 1 is 1.37 bits per heavy atom. The molecule has 0 fully saturated rings. The van der Waals surface area contributed by atoms with Crippen LogP contribution in [-0.4, -0.2) is 31.4 Å². The maximum Gasteiger partial charge on any atom is 0.311 e. The molecule has 1 heterocycles. The Kier molecular flexibility index (Phi) is 4.27. The van der Waals surface area contributed by atoms with Crippen molar-refractivity contribution in [1.82, 2.24) is 0 Å². The standard InChI is InChI=1S/C14H18O5/c1-3-10(14(16)17-2)13(15)9-4-5-11-12(8-9)19-7-6-18-11/h4-5,8,10,13,15H,3,6-7H2,1-2H3. The van der Waals surface area contributed by atoms with Crippen LogP contribution in [-0.2, 0) is 9.53 Å². The lowest BCUT2D eigenvalue weighted by Crippen LogP contribution is -2.23. The van der Waals surface area contributed by atoms with E-state index >= 15 is 0 Å². The molecule has 1 aromatic carbocycles. The molecule has 2 atom stereocenters. The molecule has 0 bridgehead atoms. The number of hydrogen-bond donors (Lipinski definition) is 1. The number of aliphatic hydroxyl groups is 1. The number of hydrogen-bond acceptors (Lipinski definition) is 5. The van der Waals surface area contributed by atoms with E-state index in [1.54, 1.807) is 18.2 Å². The van der Waals surface area contributed by atoms with Crippen molar-refractivity contribution in [3.05, 3.63) is 23.8 Å². The maximum atomic E-state index is 11.6. The first-order valence-corrected chi connectivity index (χ1v) is 6.32. The van der Waals surface area contributed by atoms with Gasteiger partial charge in [0.25, 0.3) is 0 Å². The van der Waals surface area contributed by atoms with Crippen molar-refractivity contribution < 1.29 is 24.1 Å². The zero-order chi connectivity index (χ0) is 13.8. The van der Waals surface area contributed by atoms with Gasteiger partial charge >= 0.3 is 5.97 Å². The van der Waals surface area contributed by atoms with E-state index in [0.717, 1.165) is 0 Å². The molecular weight excluding hydrogens is 248 g/mol. The molecule has 2 rings (SSSR count). The third kappa shape index (κ3) is 2.81. The van der Waals surface area contributed by atoms with Crippen molar-refractivity contribution in [3.8, 4) is 11.5 Å².